The molecule has 2 N–H and O–H groups in total. The zero-order valence-electron chi connectivity index (χ0n) is 15.7. The van der Waals surface area contributed by atoms with Crippen LogP contribution in [-0.4, -0.2) is 45.1 Å². The summed E-state index contributed by atoms with van der Waals surface area (Å²) in [4.78, 5) is 16.9. The molecule has 0 bridgehead atoms. The predicted octanol–water partition coefficient (Wildman–Crippen LogP) is 1.80. The number of aliphatic hydroxyl groups is 1. The molecule has 5 rings (SSSR count). The quantitative estimate of drug-likeness (QED) is 0.687. The predicted molar refractivity (Wildman–Crippen MR) is 103 cm³/mol. The molecule has 4 heterocycles. The number of nitriles is 1. The molecule has 9 heteroatoms. The van der Waals surface area contributed by atoms with Gasteiger partial charge in [0, 0.05) is 11.8 Å². The minimum atomic E-state index is -0.670. The Morgan fingerprint density at radius 3 is 2.90 bits per heavy atom. The Morgan fingerprint density at radius 2 is 2.13 bits per heavy atom. The normalized spacial score (nSPS) is 20.1. The largest absolute Gasteiger partial charge is 0.388 e. The van der Waals surface area contributed by atoms with E-state index in [0.29, 0.717) is 29.1 Å². The number of carbonyl (C=O) groups excluding carboxylic acids is 1. The molecule has 30 heavy (non-hydrogen) atoms. The van der Waals surface area contributed by atoms with Crippen molar-refractivity contribution in [1.29, 1.82) is 5.26 Å². The lowest BCUT2D eigenvalue weighted by atomic mass is 9.98. The second-order valence-electron chi connectivity index (χ2n) is 7.19. The van der Waals surface area contributed by atoms with E-state index in [1.807, 2.05) is 6.07 Å². The van der Waals surface area contributed by atoms with Crippen molar-refractivity contribution >= 4 is 5.91 Å². The molecule has 1 amide bonds. The van der Waals surface area contributed by atoms with Gasteiger partial charge in [-0.05, 0) is 24.3 Å². The first-order chi connectivity index (χ1) is 14.6. The summed E-state index contributed by atoms with van der Waals surface area (Å²) < 4.78 is 21.5. The van der Waals surface area contributed by atoms with Crippen molar-refractivity contribution in [3.05, 3.63) is 59.2 Å². The van der Waals surface area contributed by atoms with Gasteiger partial charge < -0.3 is 15.2 Å². The van der Waals surface area contributed by atoms with Crippen molar-refractivity contribution < 1.29 is 19.0 Å². The first-order valence-corrected chi connectivity index (χ1v) is 9.39. The van der Waals surface area contributed by atoms with Crippen LogP contribution in [0, 0.1) is 17.1 Å². The number of ether oxygens (including phenoxy) is 1. The SMILES string of the molecule is N#Cc1cccc(F)c1-c1cc(-c2ccn([C@@H]3COC[C@@H]3O)n2)c2c(n1)CNC2=O. The number of nitrogens with one attached hydrogen (secondary N) is 1. The molecule has 0 aliphatic carbocycles. The van der Waals surface area contributed by atoms with E-state index < -0.39 is 11.9 Å². The number of fused-ring (bicyclic) bond motifs is 1. The van der Waals surface area contributed by atoms with Gasteiger partial charge in [-0.2, -0.15) is 10.4 Å². The fraction of sp³-hybridized carbons (Fsp3) is 0.238. The molecule has 150 valence electrons. The number of nitrogens with zero attached hydrogens (tertiary/aromatic N) is 4. The number of aromatic nitrogens is 3. The summed E-state index contributed by atoms with van der Waals surface area (Å²) in [6.07, 6.45) is 1.04. The lowest BCUT2D eigenvalue weighted by Crippen LogP contribution is -2.22. The van der Waals surface area contributed by atoms with E-state index in [1.54, 1.807) is 23.0 Å². The van der Waals surface area contributed by atoms with Crippen LogP contribution < -0.4 is 5.32 Å². The van der Waals surface area contributed by atoms with Crippen LogP contribution in [-0.2, 0) is 11.3 Å². The molecule has 1 saturated heterocycles. The van der Waals surface area contributed by atoms with Crippen LogP contribution in [0.2, 0.25) is 0 Å². The van der Waals surface area contributed by atoms with Gasteiger partial charge in [-0.15, -0.1) is 0 Å². The van der Waals surface area contributed by atoms with Gasteiger partial charge in [0.15, 0.2) is 0 Å². The van der Waals surface area contributed by atoms with Crippen molar-refractivity contribution in [3.63, 3.8) is 0 Å². The Morgan fingerprint density at radius 1 is 1.27 bits per heavy atom. The van der Waals surface area contributed by atoms with Crippen molar-refractivity contribution in [2.45, 2.75) is 18.7 Å². The second-order valence-corrected chi connectivity index (χ2v) is 7.19. The van der Waals surface area contributed by atoms with Crippen LogP contribution in [0.5, 0.6) is 0 Å². The molecule has 0 spiro atoms. The van der Waals surface area contributed by atoms with Crippen molar-refractivity contribution in [1.82, 2.24) is 20.1 Å². The van der Waals surface area contributed by atoms with E-state index in [9.17, 15) is 19.6 Å². The number of carbonyl (C=O) groups is 1. The number of pyridine rings is 1. The molecule has 2 aliphatic rings. The molecule has 0 saturated carbocycles. The van der Waals surface area contributed by atoms with Crippen molar-refractivity contribution in [3.8, 4) is 28.6 Å². The van der Waals surface area contributed by atoms with Crippen LogP contribution in [0.1, 0.15) is 27.7 Å². The Bertz CT molecular complexity index is 1220. The highest BCUT2D eigenvalue weighted by atomic mass is 19.1. The van der Waals surface area contributed by atoms with Gasteiger partial charge >= 0.3 is 0 Å². The maximum atomic E-state index is 14.6. The molecule has 0 radical (unpaired) electrons. The van der Waals surface area contributed by atoms with Gasteiger partial charge in [-0.3, -0.25) is 9.48 Å². The van der Waals surface area contributed by atoms with Crippen LogP contribution in [0.15, 0.2) is 36.5 Å². The Labute approximate surface area is 170 Å². The number of hydrogen-bond acceptors (Lipinski definition) is 6. The molecular formula is C21H16FN5O3. The number of halogens is 1. The fourth-order valence-electron chi connectivity index (χ4n) is 3.89. The third-order valence-electron chi connectivity index (χ3n) is 5.37. The third kappa shape index (κ3) is 2.85. The molecule has 3 aromatic rings. The molecular weight excluding hydrogens is 389 g/mol. The summed E-state index contributed by atoms with van der Waals surface area (Å²) in [5, 5.41) is 26.7. The maximum absolute atomic E-state index is 14.6. The minimum Gasteiger partial charge on any atom is -0.388 e. The number of amides is 1. The van der Waals surface area contributed by atoms with E-state index in [1.165, 1.54) is 18.2 Å². The van der Waals surface area contributed by atoms with Gasteiger partial charge in [-0.1, -0.05) is 6.07 Å². The summed E-state index contributed by atoms with van der Waals surface area (Å²) >= 11 is 0. The topological polar surface area (TPSA) is 113 Å². The number of rotatable bonds is 3. The smallest absolute Gasteiger partial charge is 0.254 e. The molecule has 1 aromatic carbocycles. The zero-order chi connectivity index (χ0) is 20.8. The lowest BCUT2D eigenvalue weighted by Gasteiger charge is -2.13. The standard InChI is InChI=1S/C21H16FN5O3/c22-13-3-1-2-11(7-23)19(13)15-6-12(20-16(25-15)8-24-21(20)29)14-4-5-27(26-14)17-9-30-10-18(17)28/h1-6,17-18,28H,8-10H2,(H,24,29)/t17-,18+/m1/s1. The summed E-state index contributed by atoms with van der Waals surface area (Å²) in [5.41, 5.74) is 2.32. The summed E-state index contributed by atoms with van der Waals surface area (Å²) in [6.45, 7) is 0.783. The number of hydrogen-bond donors (Lipinski definition) is 2. The maximum Gasteiger partial charge on any atom is 0.254 e. The first-order valence-electron chi connectivity index (χ1n) is 9.39. The van der Waals surface area contributed by atoms with Crippen LogP contribution in [0.25, 0.3) is 22.5 Å². The molecule has 2 aromatic heterocycles. The van der Waals surface area contributed by atoms with Crippen LogP contribution in [0.3, 0.4) is 0 Å². The van der Waals surface area contributed by atoms with Crippen LogP contribution >= 0.6 is 0 Å². The van der Waals surface area contributed by atoms with E-state index in [-0.39, 0.29) is 41.9 Å². The fourth-order valence-corrected chi connectivity index (χ4v) is 3.89. The summed E-state index contributed by atoms with van der Waals surface area (Å²) in [7, 11) is 0. The highest BCUT2D eigenvalue weighted by molar-refractivity contribution is 6.04. The van der Waals surface area contributed by atoms with E-state index >= 15 is 0 Å². The zero-order valence-corrected chi connectivity index (χ0v) is 15.7. The van der Waals surface area contributed by atoms with Gasteiger partial charge in [0.2, 0.25) is 0 Å². The summed E-state index contributed by atoms with van der Waals surface area (Å²) in [6, 6.07) is 9.23. The van der Waals surface area contributed by atoms with Crippen molar-refractivity contribution in [2.75, 3.05) is 13.2 Å². The summed E-state index contributed by atoms with van der Waals surface area (Å²) in [5.74, 6) is -0.853. The molecule has 1 fully saturated rings. The van der Waals surface area contributed by atoms with E-state index in [4.69, 9.17) is 4.74 Å². The lowest BCUT2D eigenvalue weighted by molar-refractivity contribution is 0.0966. The van der Waals surface area contributed by atoms with E-state index in [2.05, 4.69) is 15.4 Å². The molecule has 2 aliphatic heterocycles. The van der Waals surface area contributed by atoms with Crippen molar-refractivity contribution in [2.24, 2.45) is 0 Å². The van der Waals surface area contributed by atoms with Gasteiger partial charge in [0.25, 0.3) is 5.91 Å². The number of aliphatic hydroxyl groups excluding tert-OH is 1. The monoisotopic (exact) mass is 405 g/mol. The average Bonchev–Trinajstić information content (AvgIpc) is 3.47. The van der Waals surface area contributed by atoms with E-state index in [0.717, 1.165) is 0 Å². The van der Waals surface area contributed by atoms with Crippen LogP contribution in [0.4, 0.5) is 4.39 Å². The Kier molecular flexibility index (Phi) is 4.31. The number of benzene rings is 1. The van der Waals surface area contributed by atoms with Gasteiger partial charge in [0.05, 0.1) is 59.6 Å². The Balaban J connectivity index is 1.67. The highest BCUT2D eigenvalue weighted by Crippen LogP contribution is 2.34. The Hall–Kier alpha value is -3.61. The highest BCUT2D eigenvalue weighted by Gasteiger charge is 2.31. The van der Waals surface area contributed by atoms with Gasteiger partial charge in [0.1, 0.15) is 18.0 Å². The molecule has 8 nitrogen and oxygen atoms in total. The third-order valence-corrected chi connectivity index (χ3v) is 5.37. The second kappa shape index (κ2) is 7.02. The minimum absolute atomic E-state index is 0.0856. The molecule has 2 atom stereocenters. The van der Waals surface area contributed by atoms with Gasteiger partial charge in [-0.25, -0.2) is 9.37 Å². The molecule has 0 unspecified atom stereocenters. The first kappa shape index (κ1) is 18.4. The average molecular weight is 405 g/mol.